The summed E-state index contributed by atoms with van der Waals surface area (Å²) in [5.74, 6) is 0. The van der Waals surface area contributed by atoms with E-state index in [4.69, 9.17) is 9.47 Å². The fourth-order valence-corrected chi connectivity index (χ4v) is 1.60. The van der Waals surface area contributed by atoms with Crippen molar-refractivity contribution in [3.8, 4) is 0 Å². The van der Waals surface area contributed by atoms with Crippen LogP contribution in [0, 0.1) is 0 Å². The Hall–Kier alpha value is -0.940. The van der Waals surface area contributed by atoms with Gasteiger partial charge in [-0.2, -0.15) is 0 Å². The summed E-state index contributed by atoms with van der Waals surface area (Å²) < 4.78 is 10.4. The van der Waals surface area contributed by atoms with Crippen LogP contribution in [-0.4, -0.2) is 44.2 Å². The van der Waals surface area contributed by atoms with Gasteiger partial charge >= 0.3 is 0 Å². The summed E-state index contributed by atoms with van der Waals surface area (Å²) in [6.45, 7) is 4.07. The van der Waals surface area contributed by atoms with E-state index < -0.39 is 6.10 Å². The smallest absolute Gasteiger partial charge is 0.0897 e. The van der Waals surface area contributed by atoms with Gasteiger partial charge in [0.2, 0.25) is 0 Å². The van der Waals surface area contributed by atoms with Crippen LogP contribution in [0.1, 0.15) is 12.5 Å². The molecule has 0 radical (unpaired) electrons. The third kappa shape index (κ3) is 6.71. The molecule has 0 bridgehead atoms. The van der Waals surface area contributed by atoms with E-state index in [-0.39, 0.29) is 6.10 Å². The molecule has 1 rings (SSSR count). The highest BCUT2D eigenvalue weighted by Crippen LogP contribution is 1.98. The predicted octanol–water partition coefficient (Wildman–Crippen LogP) is 1.19. The Morgan fingerprint density at radius 2 is 1.94 bits per heavy atom. The molecule has 2 atom stereocenters. The number of aliphatic hydroxyl groups excluding tert-OH is 1. The van der Waals surface area contributed by atoms with E-state index in [9.17, 15) is 5.11 Å². The summed E-state index contributed by atoms with van der Waals surface area (Å²) in [6, 6.07) is 10.1. The third-order valence-corrected chi connectivity index (χ3v) is 2.53. The molecule has 18 heavy (non-hydrogen) atoms. The summed E-state index contributed by atoms with van der Waals surface area (Å²) in [4.78, 5) is 0. The Bertz CT molecular complexity index is 305. The molecule has 2 N–H and O–H groups in total. The van der Waals surface area contributed by atoms with E-state index in [1.165, 1.54) is 5.56 Å². The second-order valence-electron chi connectivity index (χ2n) is 4.37. The maximum Gasteiger partial charge on any atom is 0.0897 e. The average Bonchev–Trinajstić information content (AvgIpc) is 2.38. The van der Waals surface area contributed by atoms with E-state index in [1.807, 2.05) is 25.1 Å². The van der Waals surface area contributed by atoms with Gasteiger partial charge in [0.1, 0.15) is 0 Å². The van der Waals surface area contributed by atoms with Crippen molar-refractivity contribution in [3.63, 3.8) is 0 Å². The van der Waals surface area contributed by atoms with Gasteiger partial charge in [-0.25, -0.2) is 0 Å². The van der Waals surface area contributed by atoms with Crippen LogP contribution in [0.25, 0.3) is 0 Å². The van der Waals surface area contributed by atoms with Gasteiger partial charge in [-0.3, -0.25) is 0 Å². The van der Waals surface area contributed by atoms with E-state index in [1.54, 1.807) is 7.11 Å². The summed E-state index contributed by atoms with van der Waals surface area (Å²) in [6.07, 6.45) is -0.480. The van der Waals surface area contributed by atoms with Gasteiger partial charge in [0.25, 0.3) is 0 Å². The molecule has 0 saturated carbocycles. The first kappa shape index (κ1) is 15.1. The van der Waals surface area contributed by atoms with E-state index >= 15 is 0 Å². The summed E-state index contributed by atoms with van der Waals surface area (Å²) in [7, 11) is 1.64. The zero-order chi connectivity index (χ0) is 13.2. The molecule has 0 fully saturated rings. The van der Waals surface area contributed by atoms with Crippen LogP contribution < -0.4 is 5.32 Å². The number of hydrogen-bond acceptors (Lipinski definition) is 4. The lowest BCUT2D eigenvalue weighted by atomic mass is 10.2. The minimum atomic E-state index is -0.493. The number of hydrogen-bond donors (Lipinski definition) is 2. The number of nitrogens with one attached hydrogen (secondary N) is 1. The van der Waals surface area contributed by atoms with E-state index in [2.05, 4.69) is 17.4 Å². The molecule has 102 valence electrons. The van der Waals surface area contributed by atoms with Crippen molar-refractivity contribution in [1.29, 1.82) is 0 Å². The average molecular weight is 253 g/mol. The predicted molar refractivity (Wildman–Crippen MR) is 71.4 cm³/mol. The van der Waals surface area contributed by atoms with Gasteiger partial charge in [-0.05, 0) is 12.5 Å². The zero-order valence-corrected chi connectivity index (χ0v) is 11.1. The molecule has 2 unspecified atom stereocenters. The monoisotopic (exact) mass is 253 g/mol. The van der Waals surface area contributed by atoms with E-state index in [0.717, 1.165) is 6.54 Å². The number of ether oxygens (including phenoxy) is 2. The molecule has 0 aliphatic carbocycles. The first-order valence-corrected chi connectivity index (χ1v) is 6.25. The highest BCUT2D eigenvalue weighted by molar-refractivity contribution is 5.14. The molecular formula is C14H23NO3. The summed E-state index contributed by atoms with van der Waals surface area (Å²) in [5.41, 5.74) is 1.21. The highest BCUT2D eigenvalue weighted by Gasteiger charge is 2.07. The Morgan fingerprint density at radius 3 is 2.61 bits per heavy atom. The van der Waals surface area contributed by atoms with Gasteiger partial charge in [0.05, 0.1) is 25.4 Å². The fraction of sp³-hybridized carbons (Fsp3) is 0.571. The lowest BCUT2D eigenvalue weighted by Crippen LogP contribution is -2.32. The highest BCUT2D eigenvalue weighted by atomic mass is 16.5. The molecule has 0 heterocycles. The van der Waals surface area contributed by atoms with Crippen LogP contribution in [-0.2, 0) is 16.0 Å². The lowest BCUT2D eigenvalue weighted by Gasteiger charge is -2.16. The van der Waals surface area contributed by atoms with Crippen molar-refractivity contribution in [1.82, 2.24) is 5.32 Å². The summed E-state index contributed by atoms with van der Waals surface area (Å²) in [5, 5.41) is 12.9. The van der Waals surface area contributed by atoms with Crippen molar-refractivity contribution >= 4 is 0 Å². The molecule has 4 heteroatoms. The molecule has 1 aromatic rings. The molecule has 0 amide bonds. The van der Waals surface area contributed by atoms with Crippen LogP contribution in [0.4, 0.5) is 0 Å². The normalized spacial score (nSPS) is 14.4. The second-order valence-corrected chi connectivity index (χ2v) is 4.37. The van der Waals surface area contributed by atoms with Gasteiger partial charge in [-0.1, -0.05) is 30.3 Å². The first-order valence-electron chi connectivity index (χ1n) is 6.25. The standard InChI is InChI=1S/C14H23NO3/c1-12(10-17-2)18-11-14(16)9-15-8-13-6-4-3-5-7-13/h3-7,12,14-16H,8-11H2,1-2H3. The van der Waals surface area contributed by atoms with Crippen LogP contribution in [0.2, 0.25) is 0 Å². The van der Waals surface area contributed by atoms with Crippen molar-refractivity contribution in [3.05, 3.63) is 35.9 Å². The molecule has 0 aliphatic heterocycles. The quantitative estimate of drug-likeness (QED) is 0.694. The maximum atomic E-state index is 9.72. The molecular weight excluding hydrogens is 230 g/mol. The molecule has 0 aromatic heterocycles. The van der Waals surface area contributed by atoms with E-state index in [0.29, 0.717) is 19.8 Å². The summed E-state index contributed by atoms with van der Waals surface area (Å²) >= 11 is 0. The topological polar surface area (TPSA) is 50.7 Å². The molecule has 0 aliphatic rings. The number of benzene rings is 1. The van der Waals surface area contributed by atoms with Crippen molar-refractivity contribution < 1.29 is 14.6 Å². The molecule has 4 nitrogen and oxygen atoms in total. The number of aliphatic hydroxyl groups is 1. The van der Waals surface area contributed by atoms with Gasteiger partial charge in [-0.15, -0.1) is 0 Å². The van der Waals surface area contributed by atoms with Crippen LogP contribution in [0.3, 0.4) is 0 Å². The molecule has 0 saturated heterocycles. The van der Waals surface area contributed by atoms with Crippen molar-refractivity contribution in [2.45, 2.75) is 25.7 Å². The Balaban J connectivity index is 2.08. The SMILES string of the molecule is COCC(C)OCC(O)CNCc1ccccc1. The Labute approximate surface area is 109 Å². The van der Waals surface area contributed by atoms with Crippen molar-refractivity contribution in [2.24, 2.45) is 0 Å². The van der Waals surface area contributed by atoms with Crippen LogP contribution >= 0.6 is 0 Å². The maximum absolute atomic E-state index is 9.72. The first-order chi connectivity index (χ1) is 8.72. The number of rotatable bonds is 9. The minimum absolute atomic E-state index is 0.0128. The molecule has 0 spiro atoms. The second kappa shape index (κ2) is 9.05. The Morgan fingerprint density at radius 1 is 1.22 bits per heavy atom. The van der Waals surface area contributed by atoms with Crippen LogP contribution in [0.5, 0.6) is 0 Å². The third-order valence-electron chi connectivity index (χ3n) is 2.53. The minimum Gasteiger partial charge on any atom is -0.389 e. The Kier molecular flexibility index (Phi) is 7.60. The fourth-order valence-electron chi connectivity index (χ4n) is 1.60. The zero-order valence-electron chi connectivity index (χ0n) is 11.1. The lowest BCUT2D eigenvalue weighted by molar-refractivity contribution is -0.0311. The van der Waals surface area contributed by atoms with Gasteiger partial charge in [0.15, 0.2) is 0 Å². The number of methoxy groups -OCH3 is 1. The van der Waals surface area contributed by atoms with Crippen LogP contribution in [0.15, 0.2) is 30.3 Å². The van der Waals surface area contributed by atoms with Gasteiger partial charge < -0.3 is 19.9 Å². The largest absolute Gasteiger partial charge is 0.389 e. The van der Waals surface area contributed by atoms with Crippen molar-refractivity contribution in [2.75, 3.05) is 26.9 Å². The van der Waals surface area contributed by atoms with Gasteiger partial charge in [0, 0.05) is 20.2 Å². The molecule has 1 aromatic carbocycles.